The van der Waals surface area contributed by atoms with Gasteiger partial charge in [-0.05, 0) is 49.3 Å². The number of hydrogen-bond donors (Lipinski definition) is 1. The van der Waals surface area contributed by atoms with E-state index in [-0.39, 0.29) is 12.0 Å². The Labute approximate surface area is 161 Å². The number of carbonyl (C=O) groups excluding carboxylic acids is 1. The second kappa shape index (κ2) is 11.0. The van der Waals surface area contributed by atoms with E-state index in [0.717, 1.165) is 16.9 Å². The van der Waals surface area contributed by atoms with Crippen molar-refractivity contribution in [1.82, 2.24) is 5.32 Å². The summed E-state index contributed by atoms with van der Waals surface area (Å²) in [6, 6.07) is 17.5. The minimum Gasteiger partial charge on any atom is -0.490 e. The predicted octanol–water partition coefficient (Wildman–Crippen LogP) is 4.55. The van der Waals surface area contributed by atoms with Gasteiger partial charge in [0.15, 0.2) is 0 Å². The Morgan fingerprint density at radius 2 is 1.78 bits per heavy atom. The molecular weight excluding hydrogens is 338 g/mol. The molecule has 1 amide bonds. The average molecular weight is 365 g/mol. The number of carbonyl (C=O) groups is 1. The number of methoxy groups -OCH3 is 1. The number of hydrogen-bond acceptors (Lipinski definition) is 3. The number of rotatable bonds is 9. The monoisotopic (exact) mass is 365 g/mol. The average Bonchev–Trinajstić information content (AvgIpc) is 2.68. The number of amides is 1. The zero-order valence-corrected chi connectivity index (χ0v) is 16.1. The number of nitrogens with one attached hydrogen (secondary N) is 1. The SMILES string of the molecule is CO[C@H](CNC(=O)/C=C/c1ccccc1)c1ccc(OCC=C(C)C)cc1. The van der Waals surface area contributed by atoms with Crippen molar-refractivity contribution in [2.75, 3.05) is 20.3 Å². The first-order valence-electron chi connectivity index (χ1n) is 8.98. The molecule has 0 bridgehead atoms. The smallest absolute Gasteiger partial charge is 0.244 e. The van der Waals surface area contributed by atoms with E-state index in [9.17, 15) is 4.79 Å². The second-order valence-corrected chi connectivity index (χ2v) is 6.38. The molecule has 0 saturated carbocycles. The van der Waals surface area contributed by atoms with E-state index >= 15 is 0 Å². The van der Waals surface area contributed by atoms with E-state index in [1.807, 2.05) is 74.5 Å². The van der Waals surface area contributed by atoms with Gasteiger partial charge in [0.2, 0.25) is 5.91 Å². The molecule has 2 aromatic carbocycles. The summed E-state index contributed by atoms with van der Waals surface area (Å²) in [5.74, 6) is 0.656. The lowest BCUT2D eigenvalue weighted by atomic mass is 10.1. The van der Waals surface area contributed by atoms with Crippen LogP contribution in [0.4, 0.5) is 0 Å². The van der Waals surface area contributed by atoms with Crippen molar-refractivity contribution in [1.29, 1.82) is 0 Å². The van der Waals surface area contributed by atoms with E-state index in [4.69, 9.17) is 9.47 Å². The Bertz CT molecular complexity index is 760. The van der Waals surface area contributed by atoms with Gasteiger partial charge in [-0.1, -0.05) is 48.0 Å². The van der Waals surface area contributed by atoms with Crippen molar-refractivity contribution in [3.05, 3.63) is 83.4 Å². The first-order valence-corrected chi connectivity index (χ1v) is 8.98. The maximum atomic E-state index is 12.0. The molecule has 0 aliphatic heterocycles. The Morgan fingerprint density at radius 1 is 1.07 bits per heavy atom. The van der Waals surface area contributed by atoms with Gasteiger partial charge < -0.3 is 14.8 Å². The summed E-state index contributed by atoms with van der Waals surface area (Å²) in [4.78, 5) is 12.0. The molecule has 2 aromatic rings. The van der Waals surface area contributed by atoms with Crippen LogP contribution in [0.3, 0.4) is 0 Å². The van der Waals surface area contributed by atoms with Crippen molar-refractivity contribution >= 4 is 12.0 Å². The first-order chi connectivity index (χ1) is 13.1. The molecule has 0 fully saturated rings. The van der Waals surface area contributed by atoms with Crippen LogP contribution < -0.4 is 10.1 Å². The van der Waals surface area contributed by atoms with Crippen LogP contribution in [0.1, 0.15) is 31.1 Å². The Hall–Kier alpha value is -2.85. The summed E-state index contributed by atoms with van der Waals surface area (Å²) >= 11 is 0. The Balaban J connectivity index is 1.86. The normalized spacial score (nSPS) is 11.8. The van der Waals surface area contributed by atoms with Crippen molar-refractivity contribution in [3.8, 4) is 5.75 Å². The van der Waals surface area contributed by atoms with Gasteiger partial charge >= 0.3 is 0 Å². The second-order valence-electron chi connectivity index (χ2n) is 6.38. The van der Waals surface area contributed by atoms with Crippen LogP contribution in [-0.2, 0) is 9.53 Å². The summed E-state index contributed by atoms with van der Waals surface area (Å²) in [6.07, 6.45) is 5.13. The fourth-order valence-electron chi connectivity index (χ4n) is 2.41. The molecule has 0 saturated heterocycles. The summed E-state index contributed by atoms with van der Waals surface area (Å²) in [5, 5.41) is 2.87. The summed E-state index contributed by atoms with van der Waals surface area (Å²) in [5.41, 5.74) is 3.20. The van der Waals surface area contributed by atoms with E-state index in [1.165, 1.54) is 11.6 Å². The van der Waals surface area contributed by atoms with Crippen LogP contribution in [0.2, 0.25) is 0 Å². The van der Waals surface area contributed by atoms with Gasteiger partial charge in [0.05, 0.1) is 6.10 Å². The van der Waals surface area contributed by atoms with Crippen LogP contribution in [-0.4, -0.2) is 26.2 Å². The molecule has 1 atom stereocenters. The van der Waals surface area contributed by atoms with Crippen molar-refractivity contribution < 1.29 is 14.3 Å². The molecule has 4 heteroatoms. The Morgan fingerprint density at radius 3 is 2.41 bits per heavy atom. The molecule has 4 nitrogen and oxygen atoms in total. The molecule has 0 spiro atoms. The van der Waals surface area contributed by atoms with Crippen molar-refractivity contribution in [2.24, 2.45) is 0 Å². The molecule has 0 heterocycles. The highest BCUT2D eigenvalue weighted by Gasteiger charge is 2.11. The van der Waals surface area contributed by atoms with E-state index in [2.05, 4.69) is 5.32 Å². The highest BCUT2D eigenvalue weighted by molar-refractivity contribution is 5.91. The largest absolute Gasteiger partial charge is 0.490 e. The summed E-state index contributed by atoms with van der Waals surface area (Å²) in [7, 11) is 1.63. The molecule has 1 N–H and O–H groups in total. The maximum absolute atomic E-state index is 12.0. The van der Waals surface area contributed by atoms with Gasteiger partial charge in [-0.2, -0.15) is 0 Å². The highest BCUT2D eigenvalue weighted by atomic mass is 16.5. The molecule has 0 aromatic heterocycles. The molecule has 0 unspecified atom stereocenters. The lowest BCUT2D eigenvalue weighted by Crippen LogP contribution is -2.27. The zero-order valence-electron chi connectivity index (χ0n) is 16.1. The maximum Gasteiger partial charge on any atom is 0.244 e. The van der Waals surface area contributed by atoms with Crippen LogP contribution >= 0.6 is 0 Å². The van der Waals surface area contributed by atoms with Gasteiger partial charge in [0.1, 0.15) is 12.4 Å². The fourth-order valence-corrected chi connectivity index (χ4v) is 2.41. The van der Waals surface area contributed by atoms with Gasteiger partial charge in [-0.3, -0.25) is 4.79 Å². The Kier molecular flexibility index (Phi) is 8.33. The summed E-state index contributed by atoms with van der Waals surface area (Å²) < 4.78 is 11.2. The van der Waals surface area contributed by atoms with Gasteiger partial charge in [-0.25, -0.2) is 0 Å². The molecule has 27 heavy (non-hydrogen) atoms. The van der Waals surface area contributed by atoms with E-state index in [1.54, 1.807) is 13.2 Å². The minimum atomic E-state index is -0.217. The third-order valence-electron chi connectivity index (χ3n) is 3.97. The van der Waals surface area contributed by atoms with Gasteiger partial charge in [0.25, 0.3) is 0 Å². The molecule has 0 radical (unpaired) electrons. The zero-order chi connectivity index (χ0) is 19.5. The van der Waals surface area contributed by atoms with E-state index in [0.29, 0.717) is 13.2 Å². The van der Waals surface area contributed by atoms with Gasteiger partial charge in [-0.15, -0.1) is 0 Å². The topological polar surface area (TPSA) is 47.6 Å². The number of benzene rings is 2. The number of allylic oxidation sites excluding steroid dienone is 1. The first kappa shape index (κ1) is 20.5. The lowest BCUT2D eigenvalue weighted by Gasteiger charge is -2.16. The quantitative estimate of drug-likeness (QED) is 0.524. The molecular formula is C23H27NO3. The molecule has 0 aliphatic rings. The third-order valence-corrected chi connectivity index (χ3v) is 3.97. The lowest BCUT2D eigenvalue weighted by molar-refractivity contribution is -0.117. The standard InChI is InChI=1S/C23H27NO3/c1-18(2)15-16-27-21-12-10-20(11-13-21)22(26-3)17-24-23(25)14-9-19-7-5-4-6-8-19/h4-15,22H,16-17H2,1-3H3,(H,24,25)/b14-9+/t22-/m1/s1. The van der Waals surface area contributed by atoms with E-state index < -0.39 is 0 Å². The molecule has 142 valence electrons. The predicted molar refractivity (Wildman–Crippen MR) is 110 cm³/mol. The minimum absolute atomic E-state index is 0.150. The van der Waals surface area contributed by atoms with Crippen molar-refractivity contribution in [3.63, 3.8) is 0 Å². The van der Waals surface area contributed by atoms with Crippen LogP contribution in [0.15, 0.2) is 72.3 Å². The van der Waals surface area contributed by atoms with Crippen LogP contribution in [0, 0.1) is 0 Å². The summed E-state index contributed by atoms with van der Waals surface area (Å²) in [6.45, 7) is 5.03. The fraction of sp³-hybridized carbons (Fsp3) is 0.261. The van der Waals surface area contributed by atoms with Crippen LogP contribution in [0.5, 0.6) is 5.75 Å². The number of ether oxygens (including phenoxy) is 2. The molecule has 2 rings (SSSR count). The highest BCUT2D eigenvalue weighted by Crippen LogP contribution is 2.20. The van der Waals surface area contributed by atoms with Gasteiger partial charge in [0, 0.05) is 19.7 Å². The third kappa shape index (κ3) is 7.50. The van der Waals surface area contributed by atoms with Crippen LogP contribution in [0.25, 0.3) is 6.08 Å². The van der Waals surface area contributed by atoms with Crippen molar-refractivity contribution in [2.45, 2.75) is 20.0 Å². The molecule has 0 aliphatic carbocycles.